The molecule has 2 aromatic carbocycles. The molecule has 1 fully saturated rings. The molecule has 1 aliphatic heterocycles. The van der Waals surface area contributed by atoms with Crippen LogP contribution in [0.25, 0.3) is 6.08 Å². The predicted molar refractivity (Wildman–Crippen MR) is 126 cm³/mol. The van der Waals surface area contributed by atoms with Gasteiger partial charge in [-0.15, -0.1) is 0 Å². The third kappa shape index (κ3) is 6.15. The van der Waals surface area contributed by atoms with Gasteiger partial charge in [0.05, 0.1) is 11.3 Å². The average Bonchev–Trinajstić information content (AvgIpc) is 3.02. The van der Waals surface area contributed by atoms with Crippen molar-refractivity contribution in [3.05, 3.63) is 70.8 Å². The Morgan fingerprint density at radius 2 is 1.63 bits per heavy atom. The second-order valence-electron chi connectivity index (χ2n) is 7.05. The molecule has 0 aromatic heterocycles. The minimum atomic E-state index is -0.385. The van der Waals surface area contributed by atoms with Crippen LogP contribution >= 0.6 is 23.8 Å². The molecule has 2 aromatic rings. The SMILES string of the molecule is O=C(C=Cc1ccccc1Cl)NC(=S)Nc1ccccc1C(=O)N1CCCCCC1. The van der Waals surface area contributed by atoms with Crippen LogP contribution in [0.5, 0.6) is 0 Å². The summed E-state index contributed by atoms with van der Waals surface area (Å²) in [6.07, 6.45) is 7.34. The zero-order valence-electron chi connectivity index (χ0n) is 16.6. The van der Waals surface area contributed by atoms with Gasteiger partial charge in [0, 0.05) is 24.2 Å². The monoisotopic (exact) mass is 441 g/mol. The van der Waals surface area contributed by atoms with Crippen LogP contribution < -0.4 is 10.6 Å². The molecule has 7 heteroatoms. The number of thiocarbonyl (C=S) groups is 1. The molecule has 2 amide bonds. The molecule has 30 heavy (non-hydrogen) atoms. The van der Waals surface area contributed by atoms with Gasteiger partial charge >= 0.3 is 0 Å². The fraction of sp³-hybridized carbons (Fsp3) is 0.261. The van der Waals surface area contributed by atoms with Gasteiger partial charge in [0.25, 0.3) is 5.91 Å². The van der Waals surface area contributed by atoms with Crippen molar-refractivity contribution < 1.29 is 9.59 Å². The van der Waals surface area contributed by atoms with E-state index in [0.29, 0.717) is 16.3 Å². The topological polar surface area (TPSA) is 61.4 Å². The smallest absolute Gasteiger partial charge is 0.255 e. The van der Waals surface area contributed by atoms with Crippen molar-refractivity contribution in [1.82, 2.24) is 10.2 Å². The van der Waals surface area contributed by atoms with Gasteiger partial charge in [-0.3, -0.25) is 14.9 Å². The van der Waals surface area contributed by atoms with E-state index in [1.165, 1.54) is 6.08 Å². The Morgan fingerprint density at radius 1 is 0.967 bits per heavy atom. The fourth-order valence-corrected chi connectivity index (χ4v) is 3.71. The number of carbonyl (C=O) groups excluding carboxylic acids is 2. The first-order valence-electron chi connectivity index (χ1n) is 9.97. The Balaban J connectivity index is 1.63. The number of amides is 2. The predicted octanol–water partition coefficient (Wildman–Crippen LogP) is 4.88. The number of rotatable bonds is 4. The maximum atomic E-state index is 13.0. The summed E-state index contributed by atoms with van der Waals surface area (Å²) in [4.78, 5) is 27.1. The summed E-state index contributed by atoms with van der Waals surface area (Å²) in [5.74, 6) is -0.406. The molecule has 2 N–H and O–H groups in total. The molecule has 1 aliphatic rings. The van der Waals surface area contributed by atoms with E-state index >= 15 is 0 Å². The number of nitrogens with one attached hydrogen (secondary N) is 2. The first-order chi connectivity index (χ1) is 14.5. The van der Waals surface area contributed by atoms with Crippen LogP contribution in [-0.4, -0.2) is 34.9 Å². The van der Waals surface area contributed by atoms with Crippen molar-refractivity contribution in [1.29, 1.82) is 0 Å². The Labute approximate surface area is 187 Å². The molecule has 3 rings (SSSR count). The van der Waals surface area contributed by atoms with Crippen LogP contribution in [0.4, 0.5) is 5.69 Å². The number of likely N-dealkylation sites (tertiary alicyclic amines) is 1. The highest BCUT2D eigenvalue weighted by Crippen LogP contribution is 2.20. The molecule has 0 aliphatic carbocycles. The van der Waals surface area contributed by atoms with E-state index in [9.17, 15) is 9.59 Å². The summed E-state index contributed by atoms with van der Waals surface area (Å²) in [7, 11) is 0. The molecular weight excluding hydrogens is 418 g/mol. The lowest BCUT2D eigenvalue weighted by Gasteiger charge is -2.22. The van der Waals surface area contributed by atoms with E-state index in [0.717, 1.165) is 44.3 Å². The van der Waals surface area contributed by atoms with Crippen molar-refractivity contribution >= 4 is 52.5 Å². The van der Waals surface area contributed by atoms with Crippen LogP contribution in [0.2, 0.25) is 5.02 Å². The molecule has 0 unspecified atom stereocenters. The summed E-state index contributed by atoms with van der Waals surface area (Å²) < 4.78 is 0. The van der Waals surface area contributed by atoms with E-state index in [2.05, 4.69) is 10.6 Å². The van der Waals surface area contributed by atoms with Crippen LogP contribution in [0.15, 0.2) is 54.6 Å². The lowest BCUT2D eigenvalue weighted by Crippen LogP contribution is -2.35. The lowest BCUT2D eigenvalue weighted by atomic mass is 10.1. The summed E-state index contributed by atoms with van der Waals surface area (Å²) in [6.45, 7) is 1.53. The molecule has 0 bridgehead atoms. The highest BCUT2D eigenvalue weighted by atomic mass is 35.5. The maximum absolute atomic E-state index is 13.0. The van der Waals surface area contributed by atoms with Gasteiger partial charge in [-0.2, -0.15) is 0 Å². The van der Waals surface area contributed by atoms with Crippen LogP contribution in [0.1, 0.15) is 41.6 Å². The van der Waals surface area contributed by atoms with Gasteiger partial charge in [-0.05, 0) is 54.9 Å². The van der Waals surface area contributed by atoms with Gasteiger partial charge < -0.3 is 10.2 Å². The minimum absolute atomic E-state index is 0.0206. The number of halogens is 1. The fourth-order valence-electron chi connectivity index (χ4n) is 3.31. The van der Waals surface area contributed by atoms with E-state index in [4.69, 9.17) is 23.8 Å². The van der Waals surface area contributed by atoms with E-state index in [1.54, 1.807) is 24.3 Å². The number of nitrogens with zero attached hydrogens (tertiary/aromatic N) is 1. The number of benzene rings is 2. The number of hydrogen-bond donors (Lipinski definition) is 2. The molecule has 156 valence electrons. The highest BCUT2D eigenvalue weighted by molar-refractivity contribution is 7.80. The first kappa shape index (κ1) is 22.0. The van der Waals surface area contributed by atoms with E-state index < -0.39 is 0 Å². The molecule has 1 heterocycles. The Morgan fingerprint density at radius 3 is 2.37 bits per heavy atom. The Hall–Kier alpha value is -2.70. The summed E-state index contributed by atoms with van der Waals surface area (Å²) in [6, 6.07) is 14.4. The normalized spacial score (nSPS) is 14.2. The number of carbonyl (C=O) groups is 2. The van der Waals surface area contributed by atoms with Gasteiger partial charge in [0.15, 0.2) is 5.11 Å². The number of anilines is 1. The number of hydrogen-bond acceptors (Lipinski definition) is 3. The molecular formula is C23H24ClN3O2S. The Bertz CT molecular complexity index is 953. The second-order valence-corrected chi connectivity index (χ2v) is 7.87. The van der Waals surface area contributed by atoms with Gasteiger partial charge in [0.2, 0.25) is 5.91 Å². The minimum Gasteiger partial charge on any atom is -0.339 e. The third-order valence-corrected chi connectivity index (χ3v) is 5.40. The van der Waals surface area contributed by atoms with E-state index in [-0.39, 0.29) is 16.9 Å². The lowest BCUT2D eigenvalue weighted by molar-refractivity contribution is -0.115. The van der Waals surface area contributed by atoms with Crippen LogP contribution in [-0.2, 0) is 4.79 Å². The maximum Gasteiger partial charge on any atom is 0.255 e. The zero-order chi connectivity index (χ0) is 21.3. The van der Waals surface area contributed by atoms with Crippen molar-refractivity contribution in [2.45, 2.75) is 25.7 Å². The quantitative estimate of drug-likeness (QED) is 0.524. The number of para-hydroxylation sites is 1. The second kappa shape index (κ2) is 10.9. The van der Waals surface area contributed by atoms with Crippen molar-refractivity contribution in [2.24, 2.45) is 0 Å². The molecule has 1 saturated heterocycles. The van der Waals surface area contributed by atoms with Gasteiger partial charge in [0.1, 0.15) is 0 Å². The standard InChI is InChI=1S/C23H24ClN3O2S/c24-19-11-5-3-9-17(19)13-14-21(28)26-23(30)25-20-12-6-4-10-18(20)22(29)27-15-7-1-2-8-16-27/h3-6,9-14H,1-2,7-8,15-16H2,(H2,25,26,28,30). The third-order valence-electron chi connectivity index (χ3n) is 4.86. The largest absolute Gasteiger partial charge is 0.339 e. The van der Waals surface area contributed by atoms with Crippen LogP contribution in [0.3, 0.4) is 0 Å². The van der Waals surface area contributed by atoms with E-state index in [1.807, 2.05) is 35.2 Å². The highest BCUT2D eigenvalue weighted by Gasteiger charge is 2.20. The summed E-state index contributed by atoms with van der Waals surface area (Å²) in [5.41, 5.74) is 1.86. The Kier molecular flexibility index (Phi) is 7.99. The molecule has 0 atom stereocenters. The van der Waals surface area contributed by atoms with Crippen molar-refractivity contribution in [3.63, 3.8) is 0 Å². The summed E-state index contributed by atoms with van der Waals surface area (Å²) in [5, 5.41) is 6.26. The zero-order valence-corrected chi connectivity index (χ0v) is 18.1. The summed E-state index contributed by atoms with van der Waals surface area (Å²) >= 11 is 11.4. The molecule has 5 nitrogen and oxygen atoms in total. The van der Waals surface area contributed by atoms with Gasteiger partial charge in [-0.1, -0.05) is 54.8 Å². The molecule has 0 saturated carbocycles. The van der Waals surface area contributed by atoms with Crippen molar-refractivity contribution in [2.75, 3.05) is 18.4 Å². The average molecular weight is 442 g/mol. The molecule has 0 radical (unpaired) electrons. The van der Waals surface area contributed by atoms with Crippen LogP contribution in [0, 0.1) is 0 Å². The van der Waals surface area contributed by atoms with Gasteiger partial charge in [-0.25, -0.2) is 0 Å². The first-order valence-corrected chi connectivity index (χ1v) is 10.8. The molecule has 0 spiro atoms. The van der Waals surface area contributed by atoms with Crippen molar-refractivity contribution in [3.8, 4) is 0 Å².